The number of para-hydroxylation sites is 4. The van der Waals surface area contributed by atoms with E-state index in [1.54, 1.807) is 30.5 Å². The number of thiophene rings is 4. The van der Waals surface area contributed by atoms with E-state index < -0.39 is 10.1 Å². The molecule has 1 amide bonds. The molecule has 8 heterocycles. The summed E-state index contributed by atoms with van der Waals surface area (Å²) in [7, 11) is 0.278. The number of aliphatic hydroxyl groups excluding tert-OH is 2. The summed E-state index contributed by atoms with van der Waals surface area (Å²) in [5.74, 6) is 0.181. The summed E-state index contributed by atoms with van der Waals surface area (Å²) in [5.41, 5.74) is 3.90. The van der Waals surface area contributed by atoms with Gasteiger partial charge in [-0.1, -0.05) is 104 Å². The van der Waals surface area contributed by atoms with E-state index >= 15 is 0 Å². The standard InChI is InChI=1S/C22H30N2O2S.C19H26N2OS.C18H24N2OS.C12H18N2O.C7H10O3S2.ClH/c1-3-21(25)24(19-8-5-4-6-9-19)22(18-26-2)12-15-23(16-13-22)14-11-20-10-7-17-27-20;1-22-16-19(20-17-6-3-2-4-7-17)10-13-21(14-11-19)12-9-18-8-5-15-23-18;21-15-18(19-16-5-2-1-3-6-16)9-12-20(13-10-18)11-8-17-7-4-14-22-17;15-10-12(6-8-13-9-7-12)14-11-4-2-1-3-5-11;1-12(8,9)10-5-4-7-3-2-6-11-7;/h4-10,17H,3,11-16,18H2,1-2H3;2-8,15,20H,9-14,16H2,1H3;1-7,14,19,21H,8-13,15H2;1-5,13-15H,6-10H2;2-3,6H,4-5H2,1H3;1H. The number of ether oxygens (including phenoxy) is 2. The van der Waals surface area contributed by atoms with Gasteiger partial charge >= 0.3 is 0 Å². The normalized spacial score (nSPS) is 18.6. The van der Waals surface area contributed by atoms with Crippen LogP contribution in [-0.4, -0.2) is 182 Å². The van der Waals surface area contributed by atoms with Crippen molar-refractivity contribution in [2.24, 2.45) is 0 Å². The van der Waals surface area contributed by atoms with E-state index in [0.717, 1.165) is 171 Å². The molecule has 22 heteroatoms. The lowest BCUT2D eigenvalue weighted by atomic mass is 9.85. The lowest BCUT2D eigenvalue weighted by Crippen LogP contribution is -3.14. The van der Waals surface area contributed by atoms with E-state index in [9.17, 15) is 23.4 Å². The van der Waals surface area contributed by atoms with Gasteiger partial charge in [0.05, 0.1) is 81.1 Å². The Bertz CT molecular complexity index is 3480. The number of quaternary nitrogens is 1. The molecular formula is C78H109ClN8O8S5. The van der Waals surface area contributed by atoms with Crippen LogP contribution >= 0.6 is 45.3 Å². The van der Waals surface area contributed by atoms with E-state index in [1.165, 1.54) is 26.7 Å². The molecule has 0 aliphatic carbocycles. The quantitative estimate of drug-likeness (QED) is 0.0231. The van der Waals surface area contributed by atoms with Crippen LogP contribution in [0, 0.1) is 0 Å². The van der Waals surface area contributed by atoms with Gasteiger partial charge in [-0.15, -0.1) is 45.3 Å². The first-order chi connectivity index (χ1) is 48.2. The van der Waals surface area contributed by atoms with Gasteiger partial charge in [0.2, 0.25) is 5.91 Å². The van der Waals surface area contributed by atoms with Crippen molar-refractivity contribution >= 4 is 84.1 Å². The molecular weight excluding hydrogens is 1370 g/mol. The first kappa shape index (κ1) is 81.7. The van der Waals surface area contributed by atoms with E-state index in [1.807, 2.05) is 142 Å². The van der Waals surface area contributed by atoms with Crippen LogP contribution in [0.3, 0.4) is 0 Å². The second kappa shape index (κ2) is 43.5. The molecule has 8 aromatic rings. The van der Waals surface area contributed by atoms with Crippen LogP contribution in [0.25, 0.3) is 0 Å². The Labute approximate surface area is 619 Å². The van der Waals surface area contributed by atoms with Crippen molar-refractivity contribution in [3.63, 3.8) is 0 Å². The fourth-order valence-electron chi connectivity index (χ4n) is 13.4. The van der Waals surface area contributed by atoms with E-state index in [4.69, 9.17) is 9.47 Å². The lowest BCUT2D eigenvalue weighted by Gasteiger charge is -2.47. The highest BCUT2D eigenvalue weighted by atomic mass is 35.5. The molecule has 0 unspecified atom stereocenters. The number of anilines is 4. The Morgan fingerprint density at radius 1 is 0.530 bits per heavy atom. The number of aliphatic hydroxyl groups is 2. The molecule has 0 atom stereocenters. The van der Waals surface area contributed by atoms with Crippen LogP contribution in [0.5, 0.6) is 0 Å². The Morgan fingerprint density at radius 2 is 0.920 bits per heavy atom. The number of hydrogen-bond acceptors (Lipinski definition) is 18. The summed E-state index contributed by atoms with van der Waals surface area (Å²) in [6.07, 6.45) is 13.8. The second-order valence-electron chi connectivity index (χ2n) is 26.4. The van der Waals surface area contributed by atoms with Gasteiger partial charge in [0, 0.05) is 128 Å². The van der Waals surface area contributed by atoms with Crippen molar-refractivity contribution in [1.29, 1.82) is 0 Å². The SMILES string of the molecule is CCC(=O)N(c1ccccc1)C1(COC)CC[NH+](CCc2cccs2)CC1.COCC1(Nc2ccccc2)CCN(CCc2cccs2)CC1.CS(=O)(=O)OCCc1cccs1.OCC1(Nc2ccccc2)CCN(CCc2cccs2)CC1.OCC1(Nc2ccccc2)CCNCC1.[Cl-]. The molecule has 0 spiro atoms. The van der Waals surface area contributed by atoms with Crippen molar-refractivity contribution in [3.8, 4) is 0 Å². The molecule has 7 N–H and O–H groups in total. The van der Waals surface area contributed by atoms with Crippen LogP contribution in [0.1, 0.15) is 84.2 Å². The van der Waals surface area contributed by atoms with Crippen molar-refractivity contribution in [1.82, 2.24) is 15.1 Å². The smallest absolute Gasteiger partial charge is 0.264 e. The number of benzene rings is 4. The molecule has 4 aromatic carbocycles. The Kier molecular flexibility index (Phi) is 35.6. The van der Waals surface area contributed by atoms with Gasteiger partial charge in [0.25, 0.3) is 10.1 Å². The predicted molar refractivity (Wildman–Crippen MR) is 414 cm³/mol. The number of halogens is 1. The maximum absolute atomic E-state index is 12.9. The Morgan fingerprint density at radius 3 is 1.31 bits per heavy atom. The average molecular weight is 1480 g/mol. The van der Waals surface area contributed by atoms with Crippen LogP contribution in [0.2, 0.25) is 0 Å². The number of methoxy groups -OCH3 is 2. The number of carbonyl (C=O) groups is 1. The third kappa shape index (κ3) is 27.6. The van der Waals surface area contributed by atoms with Gasteiger partial charge in [0.15, 0.2) is 0 Å². The number of rotatable bonds is 28. The molecule has 4 saturated heterocycles. The molecule has 4 aliphatic rings. The zero-order chi connectivity index (χ0) is 69.9. The highest BCUT2D eigenvalue weighted by Gasteiger charge is 2.45. The third-order valence-corrected chi connectivity index (χ3v) is 23.5. The summed E-state index contributed by atoms with van der Waals surface area (Å²) in [4.78, 5) is 27.2. The van der Waals surface area contributed by atoms with Gasteiger partial charge in [0.1, 0.15) is 0 Å². The highest BCUT2D eigenvalue weighted by Crippen LogP contribution is 2.34. The Balaban J connectivity index is 0.000000179. The number of nitrogens with one attached hydrogen (secondary N) is 5. The summed E-state index contributed by atoms with van der Waals surface area (Å²) in [5, 5.41) is 41.9. The second-order valence-corrected chi connectivity index (χ2v) is 32.2. The molecule has 4 aromatic heterocycles. The fourth-order valence-corrected chi connectivity index (χ4v) is 16.6. The molecule has 4 aliphatic heterocycles. The van der Waals surface area contributed by atoms with Gasteiger partial charge in [-0.2, -0.15) is 8.42 Å². The van der Waals surface area contributed by atoms with E-state index in [2.05, 4.69) is 130 Å². The summed E-state index contributed by atoms with van der Waals surface area (Å²) < 4.78 is 36.8. The summed E-state index contributed by atoms with van der Waals surface area (Å²) in [6, 6.07) is 57.9. The molecule has 12 rings (SSSR count). The first-order valence-electron chi connectivity index (χ1n) is 35.2. The minimum atomic E-state index is -3.27. The van der Waals surface area contributed by atoms with Crippen molar-refractivity contribution in [3.05, 3.63) is 211 Å². The Hall–Kier alpha value is -5.57. The zero-order valence-corrected chi connectivity index (χ0v) is 63.9. The molecule has 100 heavy (non-hydrogen) atoms. The highest BCUT2D eigenvalue weighted by molar-refractivity contribution is 7.86. The van der Waals surface area contributed by atoms with Crippen molar-refractivity contribution < 1.29 is 54.4 Å². The van der Waals surface area contributed by atoms with E-state index in [-0.39, 0.29) is 60.3 Å². The fraction of sp³-hybridized carbons (Fsp3) is 0.474. The van der Waals surface area contributed by atoms with Crippen molar-refractivity contribution in [2.45, 2.75) is 113 Å². The van der Waals surface area contributed by atoms with Gasteiger partial charge in [-0.25, -0.2) is 0 Å². The minimum Gasteiger partial charge on any atom is -1.00 e. The number of amides is 1. The van der Waals surface area contributed by atoms with Crippen LogP contribution in [0.4, 0.5) is 22.7 Å². The minimum absolute atomic E-state index is 0. The van der Waals surface area contributed by atoms with Gasteiger partial charge in [-0.05, 0) is 159 Å². The molecule has 4 fully saturated rings. The molecule has 0 bridgehead atoms. The largest absolute Gasteiger partial charge is 1.00 e. The predicted octanol–water partition coefficient (Wildman–Crippen LogP) is 9.39. The maximum atomic E-state index is 12.9. The van der Waals surface area contributed by atoms with E-state index in [0.29, 0.717) is 19.4 Å². The maximum Gasteiger partial charge on any atom is 0.264 e. The van der Waals surface area contributed by atoms with Crippen LogP contribution in [0.15, 0.2) is 191 Å². The third-order valence-electron chi connectivity index (χ3n) is 19.1. The number of nitrogens with zero attached hydrogens (tertiary/aromatic N) is 3. The number of piperidine rings is 4. The van der Waals surface area contributed by atoms with Crippen molar-refractivity contribution in [2.75, 3.05) is 146 Å². The number of hydrogen-bond donors (Lipinski definition) is 7. The monoisotopic (exact) mass is 1480 g/mol. The summed E-state index contributed by atoms with van der Waals surface area (Å²) >= 11 is 7.14. The van der Waals surface area contributed by atoms with Gasteiger partial charge in [-0.3, -0.25) is 8.98 Å². The van der Waals surface area contributed by atoms with Gasteiger partial charge < -0.3 is 73.0 Å². The number of likely N-dealkylation sites (tertiary alicyclic amines) is 3. The summed E-state index contributed by atoms with van der Waals surface area (Å²) in [6.45, 7) is 15.8. The number of carbonyl (C=O) groups excluding carboxylic acids is 1. The molecule has 0 radical (unpaired) electrons. The molecule has 16 nitrogen and oxygen atoms in total. The van der Waals surface area contributed by atoms with Crippen LogP contribution in [-0.2, 0) is 54.3 Å². The average Bonchev–Trinajstić information content (AvgIpc) is 0.901. The zero-order valence-electron chi connectivity index (χ0n) is 59.1. The molecule has 546 valence electrons. The van der Waals surface area contributed by atoms with Crippen LogP contribution < -0.4 is 43.5 Å². The molecule has 0 saturated carbocycles. The lowest BCUT2D eigenvalue weighted by molar-refractivity contribution is -0.906. The topological polar surface area (TPSA) is 182 Å². The first-order valence-corrected chi connectivity index (χ1v) is 40.5.